The fraction of sp³-hybridized carbons (Fsp3) is 0.103. The largest absolute Gasteiger partial charge is 0.337 e. The first kappa shape index (κ1) is 35.0. The summed E-state index contributed by atoms with van der Waals surface area (Å²) < 4.78 is 0. The normalized spacial score (nSPS) is 19.9. The molecule has 9 aromatic carbocycles. The van der Waals surface area contributed by atoms with E-state index in [1.165, 1.54) is 98.7 Å². The van der Waals surface area contributed by atoms with Crippen LogP contribution in [0.4, 0.5) is 22.7 Å². The predicted molar refractivity (Wildman–Crippen MR) is 260 cm³/mol. The van der Waals surface area contributed by atoms with Crippen LogP contribution >= 0.6 is 11.8 Å². The van der Waals surface area contributed by atoms with Crippen molar-refractivity contribution in [1.29, 1.82) is 0 Å². The second kappa shape index (κ2) is 13.9. The van der Waals surface area contributed by atoms with Gasteiger partial charge < -0.3 is 9.80 Å². The van der Waals surface area contributed by atoms with Crippen molar-refractivity contribution in [2.24, 2.45) is 0 Å². The summed E-state index contributed by atoms with van der Waals surface area (Å²) in [5.41, 5.74) is 11.7. The molecule has 0 aromatic heterocycles. The van der Waals surface area contributed by atoms with Crippen molar-refractivity contribution in [2.45, 2.75) is 40.9 Å². The van der Waals surface area contributed by atoms with E-state index in [1.54, 1.807) is 0 Å². The Hall–Kier alpha value is -6.81. The Morgan fingerprint density at radius 2 is 1.21 bits per heavy atom. The van der Waals surface area contributed by atoms with Gasteiger partial charge in [-0.15, -0.1) is 11.8 Å². The van der Waals surface area contributed by atoms with Crippen molar-refractivity contribution >= 4 is 77.6 Å². The molecule has 2 nitrogen and oxygen atoms in total. The zero-order chi connectivity index (χ0) is 40.0. The van der Waals surface area contributed by atoms with Gasteiger partial charge in [-0.2, -0.15) is 0 Å². The van der Waals surface area contributed by atoms with Gasteiger partial charge >= 0.3 is 0 Å². The third kappa shape index (κ3) is 5.36. The van der Waals surface area contributed by atoms with Gasteiger partial charge in [-0.3, -0.25) is 0 Å². The number of allylic oxidation sites excluding steroid dienone is 4. The first-order chi connectivity index (χ1) is 30.3. The highest BCUT2D eigenvalue weighted by Gasteiger charge is 2.40. The number of hydrogen-bond acceptors (Lipinski definition) is 3. The van der Waals surface area contributed by atoms with E-state index in [-0.39, 0.29) is 5.25 Å². The molecule has 0 radical (unpaired) electrons. The van der Waals surface area contributed by atoms with E-state index in [4.69, 9.17) is 0 Å². The lowest BCUT2D eigenvalue weighted by Gasteiger charge is -2.35. The average Bonchev–Trinajstić information content (AvgIpc) is 3.88. The number of fused-ring (bicyclic) bond motifs is 13. The third-order valence-electron chi connectivity index (χ3n) is 13.8. The van der Waals surface area contributed by atoms with Crippen LogP contribution in [-0.2, 0) is 0 Å². The summed E-state index contributed by atoms with van der Waals surface area (Å²) in [5, 5.41) is 10.5. The van der Waals surface area contributed by atoms with Gasteiger partial charge in [0, 0.05) is 50.9 Å². The first-order valence-electron chi connectivity index (χ1n) is 21.7. The maximum atomic E-state index is 2.60. The van der Waals surface area contributed by atoms with Gasteiger partial charge in [-0.1, -0.05) is 152 Å². The minimum atomic E-state index is 0.241. The van der Waals surface area contributed by atoms with Crippen LogP contribution in [0.2, 0.25) is 0 Å². The molecule has 290 valence electrons. The summed E-state index contributed by atoms with van der Waals surface area (Å²) in [6.45, 7) is 0. The van der Waals surface area contributed by atoms with Gasteiger partial charge in [0.2, 0.25) is 0 Å². The molecule has 2 aliphatic heterocycles. The van der Waals surface area contributed by atoms with Crippen LogP contribution in [-0.4, -0.2) is 11.3 Å². The Morgan fingerprint density at radius 1 is 0.525 bits per heavy atom. The van der Waals surface area contributed by atoms with Crippen LogP contribution < -0.4 is 9.80 Å². The van der Waals surface area contributed by atoms with Crippen molar-refractivity contribution in [3.05, 3.63) is 223 Å². The van der Waals surface area contributed by atoms with E-state index in [1.807, 2.05) is 11.8 Å². The molecule has 4 aliphatic rings. The molecule has 13 rings (SSSR count). The molecule has 0 fully saturated rings. The van der Waals surface area contributed by atoms with Gasteiger partial charge in [0.15, 0.2) is 0 Å². The Bertz CT molecular complexity index is 3310. The monoisotopic (exact) mass is 798 g/mol. The minimum absolute atomic E-state index is 0.241. The molecule has 0 spiro atoms. The quantitative estimate of drug-likeness (QED) is 0.126. The van der Waals surface area contributed by atoms with Gasteiger partial charge in [0.1, 0.15) is 0 Å². The van der Waals surface area contributed by atoms with Crippen LogP contribution in [0, 0.1) is 0 Å². The van der Waals surface area contributed by atoms with Crippen molar-refractivity contribution in [3.8, 4) is 11.1 Å². The molecule has 0 N–H and O–H groups in total. The first-order valence-corrected chi connectivity index (χ1v) is 22.6. The van der Waals surface area contributed by atoms with E-state index in [9.17, 15) is 0 Å². The van der Waals surface area contributed by atoms with E-state index in [0.29, 0.717) is 17.9 Å². The highest BCUT2D eigenvalue weighted by Crippen LogP contribution is 2.55. The number of nitrogens with zero attached hydrogens (tertiary/aromatic N) is 2. The lowest BCUT2D eigenvalue weighted by molar-refractivity contribution is 0.565. The maximum absolute atomic E-state index is 2.60. The summed E-state index contributed by atoms with van der Waals surface area (Å²) >= 11 is 2.01. The summed E-state index contributed by atoms with van der Waals surface area (Å²) in [4.78, 5) is 6.57. The fourth-order valence-electron chi connectivity index (χ4n) is 11.2. The molecular weight excluding hydrogens is 757 g/mol. The lowest BCUT2D eigenvalue weighted by atomic mass is 9.86. The Balaban J connectivity index is 1.01. The predicted octanol–water partition coefficient (Wildman–Crippen LogP) is 15.8. The number of thioether (sulfide) groups is 1. The van der Waals surface area contributed by atoms with Crippen LogP contribution in [0.3, 0.4) is 0 Å². The van der Waals surface area contributed by atoms with Crippen LogP contribution in [0.5, 0.6) is 0 Å². The molecule has 4 unspecified atom stereocenters. The number of hydrogen-bond donors (Lipinski definition) is 0. The number of rotatable bonds is 5. The zero-order valence-electron chi connectivity index (χ0n) is 33.7. The summed E-state index contributed by atoms with van der Waals surface area (Å²) in [7, 11) is 0. The Morgan fingerprint density at radius 3 is 2.02 bits per heavy atom. The van der Waals surface area contributed by atoms with E-state index < -0.39 is 0 Å². The number of para-hydroxylation sites is 1. The zero-order valence-corrected chi connectivity index (χ0v) is 34.5. The number of benzene rings is 9. The maximum Gasteiger partial charge on any atom is 0.0604 e. The molecule has 2 heterocycles. The Kier molecular flexibility index (Phi) is 7.96. The third-order valence-corrected chi connectivity index (χ3v) is 15.2. The second-order valence-electron chi connectivity index (χ2n) is 17.0. The molecule has 0 saturated heterocycles. The smallest absolute Gasteiger partial charge is 0.0604 e. The second-order valence-corrected chi connectivity index (χ2v) is 18.2. The molecule has 3 heteroatoms. The van der Waals surface area contributed by atoms with Crippen molar-refractivity contribution < 1.29 is 0 Å². The molecule has 0 amide bonds. The molecule has 0 bridgehead atoms. The standard InChI is InChI=1S/C58H42N2S/c1-2-15-38(16-3-1)59-53-26-12-10-23-48(53)52-35-37(29-33-55(52)59)40-32-34-54(47-22-9-8-17-41(40)47)60(56-27-14-25-50-49-24-11-13-28-57(49)61-58(50)56)39-30-31-46-44-20-5-4-18-42(44)43-19-6-7-21-45(43)51(46)36-39/h1-11,13-25,27-36,48,50,53,58H,12,26H2. The summed E-state index contributed by atoms with van der Waals surface area (Å²) in [6, 6.07) is 66.5. The minimum Gasteiger partial charge on any atom is -0.337 e. The molecule has 9 aromatic rings. The summed E-state index contributed by atoms with van der Waals surface area (Å²) in [6.07, 6.45) is 14.2. The average molecular weight is 799 g/mol. The Labute approximate surface area is 360 Å². The van der Waals surface area contributed by atoms with Crippen LogP contribution in [0.15, 0.2) is 217 Å². The highest BCUT2D eigenvalue weighted by molar-refractivity contribution is 8.00. The van der Waals surface area contributed by atoms with Gasteiger partial charge in [0.05, 0.1) is 10.9 Å². The van der Waals surface area contributed by atoms with Crippen molar-refractivity contribution in [1.82, 2.24) is 0 Å². The van der Waals surface area contributed by atoms with Gasteiger partial charge in [-0.25, -0.2) is 0 Å². The SMILES string of the molecule is C1=CC2c3ccccc3SC2C(N(c2ccc3c4ccccc4c4ccccc4c3c2)c2ccc(-c3ccc4c(c3)C3C=CCCC3N4c3ccccc3)c3ccccc23)=C1. The van der Waals surface area contributed by atoms with E-state index >= 15 is 0 Å². The van der Waals surface area contributed by atoms with Gasteiger partial charge in [0.25, 0.3) is 0 Å². The highest BCUT2D eigenvalue weighted by atomic mass is 32.2. The molecule has 2 aliphatic carbocycles. The topological polar surface area (TPSA) is 6.48 Å². The molecule has 4 atom stereocenters. The molecule has 0 saturated carbocycles. The molecular formula is C58H42N2S. The van der Waals surface area contributed by atoms with Crippen LogP contribution in [0.25, 0.3) is 54.2 Å². The fourth-order valence-corrected chi connectivity index (χ4v) is 12.6. The number of anilines is 4. The van der Waals surface area contributed by atoms with E-state index in [0.717, 1.165) is 12.8 Å². The van der Waals surface area contributed by atoms with Crippen molar-refractivity contribution in [2.75, 3.05) is 9.80 Å². The molecule has 61 heavy (non-hydrogen) atoms. The summed E-state index contributed by atoms with van der Waals surface area (Å²) in [5.74, 6) is 0.678. The van der Waals surface area contributed by atoms with Gasteiger partial charge in [-0.05, 0) is 127 Å². The van der Waals surface area contributed by atoms with Crippen molar-refractivity contribution in [3.63, 3.8) is 0 Å². The van der Waals surface area contributed by atoms with Crippen LogP contribution in [0.1, 0.15) is 35.8 Å². The van der Waals surface area contributed by atoms with E-state index in [2.05, 4.69) is 216 Å². The lowest BCUT2D eigenvalue weighted by Crippen LogP contribution is -2.30.